The highest BCUT2D eigenvalue weighted by Gasteiger charge is 2.18. The summed E-state index contributed by atoms with van der Waals surface area (Å²) in [5, 5.41) is 4.52. The maximum Gasteiger partial charge on any atom is 0.227 e. The lowest BCUT2D eigenvalue weighted by Gasteiger charge is -2.26. The van der Waals surface area contributed by atoms with E-state index in [0.717, 1.165) is 61.0 Å². The van der Waals surface area contributed by atoms with Crippen LogP contribution in [-0.2, 0) is 0 Å². The number of rotatable bonds is 6. The van der Waals surface area contributed by atoms with Crippen molar-refractivity contribution in [2.45, 2.75) is 0 Å². The molecule has 3 nitrogen and oxygen atoms in total. The Balaban J connectivity index is 1.14. The summed E-state index contributed by atoms with van der Waals surface area (Å²) in [5.41, 5.74) is 10.5. The molecule has 9 rings (SSSR count). The number of fused-ring (bicyclic) bond motifs is 4. The average molecular weight is 615 g/mol. The van der Waals surface area contributed by atoms with Gasteiger partial charge in [0.1, 0.15) is 5.52 Å². The van der Waals surface area contributed by atoms with Gasteiger partial charge in [-0.25, -0.2) is 4.98 Å². The zero-order chi connectivity index (χ0) is 31.9. The number of para-hydroxylation sites is 1. The second-order valence-corrected chi connectivity index (χ2v) is 12.0. The summed E-state index contributed by atoms with van der Waals surface area (Å²) < 4.78 is 6.46. The van der Waals surface area contributed by atoms with Crippen LogP contribution >= 0.6 is 0 Å². The van der Waals surface area contributed by atoms with Crippen LogP contribution in [0.2, 0.25) is 0 Å². The molecule has 0 saturated carbocycles. The second kappa shape index (κ2) is 11.7. The zero-order valence-electron chi connectivity index (χ0n) is 26.1. The SMILES string of the molecule is c1ccc(-c2ccc(N(c3ccccc3)c3ccc4cc(-c5cc6ccccc6c6oc(-c7ccccc7)nc56)ccc4c3)cc2)cc1. The van der Waals surface area contributed by atoms with Crippen molar-refractivity contribution in [3.8, 4) is 33.7 Å². The van der Waals surface area contributed by atoms with E-state index in [4.69, 9.17) is 9.40 Å². The van der Waals surface area contributed by atoms with Gasteiger partial charge in [0.25, 0.3) is 0 Å². The topological polar surface area (TPSA) is 29.3 Å². The highest BCUT2D eigenvalue weighted by molar-refractivity contribution is 6.10. The van der Waals surface area contributed by atoms with Crippen molar-refractivity contribution in [2.75, 3.05) is 4.90 Å². The molecular weight excluding hydrogens is 585 g/mol. The molecule has 0 aliphatic carbocycles. The van der Waals surface area contributed by atoms with Crippen molar-refractivity contribution < 1.29 is 4.42 Å². The molecule has 0 aliphatic heterocycles. The summed E-state index contributed by atoms with van der Waals surface area (Å²) in [6, 6.07) is 64.0. The predicted molar refractivity (Wildman–Crippen MR) is 200 cm³/mol. The fraction of sp³-hybridized carbons (Fsp3) is 0. The lowest BCUT2D eigenvalue weighted by atomic mass is 9.97. The lowest BCUT2D eigenvalue weighted by molar-refractivity contribution is 0.623. The summed E-state index contributed by atoms with van der Waals surface area (Å²) in [7, 11) is 0. The third-order valence-electron chi connectivity index (χ3n) is 9.05. The molecule has 8 aromatic carbocycles. The number of oxazole rings is 1. The van der Waals surface area contributed by atoms with Gasteiger partial charge >= 0.3 is 0 Å². The van der Waals surface area contributed by atoms with E-state index >= 15 is 0 Å². The van der Waals surface area contributed by atoms with Gasteiger partial charge in [0.05, 0.1) is 0 Å². The molecule has 9 aromatic rings. The second-order valence-electron chi connectivity index (χ2n) is 12.0. The lowest BCUT2D eigenvalue weighted by Crippen LogP contribution is -2.09. The summed E-state index contributed by atoms with van der Waals surface area (Å²) in [4.78, 5) is 7.36. The van der Waals surface area contributed by atoms with Gasteiger partial charge < -0.3 is 9.32 Å². The van der Waals surface area contributed by atoms with Gasteiger partial charge in [-0.15, -0.1) is 0 Å². The van der Waals surface area contributed by atoms with Crippen molar-refractivity contribution in [2.24, 2.45) is 0 Å². The van der Waals surface area contributed by atoms with Crippen LogP contribution in [0.3, 0.4) is 0 Å². The molecule has 0 atom stereocenters. The number of nitrogens with zero attached hydrogens (tertiary/aromatic N) is 2. The molecule has 3 heteroatoms. The first-order valence-electron chi connectivity index (χ1n) is 16.2. The number of anilines is 3. The van der Waals surface area contributed by atoms with E-state index in [1.807, 2.05) is 30.3 Å². The Bertz CT molecular complexity index is 2540. The van der Waals surface area contributed by atoms with E-state index in [-0.39, 0.29) is 0 Å². The molecule has 226 valence electrons. The minimum absolute atomic E-state index is 0.631. The Labute approximate surface area is 279 Å². The van der Waals surface area contributed by atoms with Crippen molar-refractivity contribution >= 4 is 49.7 Å². The molecule has 0 spiro atoms. The fourth-order valence-electron chi connectivity index (χ4n) is 6.66. The van der Waals surface area contributed by atoms with Crippen LogP contribution in [0, 0.1) is 0 Å². The Morgan fingerprint density at radius 3 is 1.73 bits per heavy atom. The van der Waals surface area contributed by atoms with Crippen LogP contribution in [0.25, 0.3) is 66.4 Å². The maximum absolute atomic E-state index is 6.46. The summed E-state index contributed by atoms with van der Waals surface area (Å²) >= 11 is 0. The number of hydrogen-bond acceptors (Lipinski definition) is 3. The van der Waals surface area contributed by atoms with Gasteiger partial charge in [-0.2, -0.15) is 0 Å². The molecular formula is C45H30N2O. The van der Waals surface area contributed by atoms with E-state index in [1.165, 1.54) is 16.5 Å². The molecule has 1 aromatic heterocycles. The van der Waals surface area contributed by atoms with Crippen LogP contribution in [0.5, 0.6) is 0 Å². The molecule has 0 saturated heterocycles. The van der Waals surface area contributed by atoms with E-state index < -0.39 is 0 Å². The number of hydrogen-bond donors (Lipinski definition) is 0. The molecule has 0 fully saturated rings. The minimum Gasteiger partial charge on any atom is -0.435 e. The van der Waals surface area contributed by atoms with Crippen LogP contribution < -0.4 is 4.90 Å². The Morgan fingerprint density at radius 1 is 0.396 bits per heavy atom. The van der Waals surface area contributed by atoms with Gasteiger partial charge in [0.15, 0.2) is 5.58 Å². The highest BCUT2D eigenvalue weighted by atomic mass is 16.3. The summed E-state index contributed by atoms with van der Waals surface area (Å²) in [5.74, 6) is 0.631. The van der Waals surface area contributed by atoms with Gasteiger partial charge in [0, 0.05) is 33.6 Å². The number of benzene rings is 8. The molecule has 0 aliphatic rings. The first-order chi connectivity index (χ1) is 23.8. The standard InChI is InChI=1S/C45H30N2O/c1-4-12-31(13-5-1)32-22-25-39(26-23-32)47(38-17-8-3-9-18-38)40-27-24-34-28-37(21-20-35(34)29-40)42-30-36-16-10-11-19-41(36)44-43(42)46-45(48-44)33-14-6-2-7-15-33/h1-30H. The Kier molecular flexibility index (Phi) is 6.80. The van der Waals surface area contributed by atoms with Gasteiger partial charge in [-0.1, -0.05) is 121 Å². The van der Waals surface area contributed by atoms with E-state index in [1.54, 1.807) is 0 Å². The zero-order valence-corrected chi connectivity index (χ0v) is 26.1. The maximum atomic E-state index is 6.46. The summed E-state index contributed by atoms with van der Waals surface area (Å²) in [6.07, 6.45) is 0. The van der Waals surface area contributed by atoms with Crippen molar-refractivity contribution in [3.63, 3.8) is 0 Å². The van der Waals surface area contributed by atoms with Gasteiger partial charge in [-0.05, 0) is 93.5 Å². The molecule has 0 unspecified atom stereocenters. The Morgan fingerprint density at radius 2 is 0.958 bits per heavy atom. The quantitative estimate of drug-likeness (QED) is 0.187. The molecule has 0 radical (unpaired) electrons. The van der Waals surface area contributed by atoms with Crippen molar-refractivity contribution in [1.29, 1.82) is 0 Å². The molecule has 0 amide bonds. The molecule has 1 heterocycles. The first-order valence-corrected chi connectivity index (χ1v) is 16.2. The highest BCUT2D eigenvalue weighted by Crippen LogP contribution is 2.40. The van der Waals surface area contributed by atoms with E-state index in [9.17, 15) is 0 Å². The molecule has 0 N–H and O–H groups in total. The van der Waals surface area contributed by atoms with Crippen molar-refractivity contribution in [1.82, 2.24) is 4.98 Å². The largest absolute Gasteiger partial charge is 0.435 e. The normalized spacial score (nSPS) is 11.3. The summed E-state index contributed by atoms with van der Waals surface area (Å²) in [6.45, 7) is 0. The van der Waals surface area contributed by atoms with Crippen LogP contribution in [-0.4, -0.2) is 4.98 Å². The van der Waals surface area contributed by atoms with Gasteiger partial charge in [-0.3, -0.25) is 0 Å². The van der Waals surface area contributed by atoms with E-state index in [2.05, 4.69) is 157 Å². The van der Waals surface area contributed by atoms with Crippen LogP contribution in [0.15, 0.2) is 186 Å². The van der Waals surface area contributed by atoms with Crippen LogP contribution in [0.4, 0.5) is 17.1 Å². The smallest absolute Gasteiger partial charge is 0.227 e. The minimum atomic E-state index is 0.631. The molecule has 0 bridgehead atoms. The van der Waals surface area contributed by atoms with Gasteiger partial charge in [0.2, 0.25) is 5.89 Å². The third-order valence-corrected chi connectivity index (χ3v) is 9.05. The predicted octanol–water partition coefficient (Wildman–Crippen LogP) is 12.6. The average Bonchev–Trinajstić information content (AvgIpc) is 3.62. The number of aromatic nitrogens is 1. The van der Waals surface area contributed by atoms with Crippen molar-refractivity contribution in [3.05, 3.63) is 182 Å². The fourth-order valence-corrected chi connectivity index (χ4v) is 6.66. The molecule has 48 heavy (non-hydrogen) atoms. The Hall–Kier alpha value is -6.45. The van der Waals surface area contributed by atoms with Crippen LogP contribution in [0.1, 0.15) is 0 Å². The first kappa shape index (κ1) is 27.8. The monoisotopic (exact) mass is 614 g/mol. The van der Waals surface area contributed by atoms with E-state index in [0.29, 0.717) is 5.89 Å². The third kappa shape index (κ3) is 4.99.